The lowest BCUT2D eigenvalue weighted by atomic mass is 10.1. The summed E-state index contributed by atoms with van der Waals surface area (Å²) in [6.45, 7) is 0. The third-order valence-electron chi connectivity index (χ3n) is 2.01. The quantitative estimate of drug-likeness (QED) is 0.742. The van der Waals surface area contributed by atoms with Gasteiger partial charge in [0.25, 0.3) is 0 Å². The number of benzene rings is 1. The van der Waals surface area contributed by atoms with Crippen molar-refractivity contribution in [3.05, 3.63) is 28.2 Å². The van der Waals surface area contributed by atoms with Crippen molar-refractivity contribution in [3.8, 4) is 0 Å². The number of anilines is 1. The van der Waals surface area contributed by atoms with Crippen LogP contribution >= 0.6 is 15.9 Å². The standard InChI is InChI=1S/C9H8BrNO/c10-7-1-2-9-6(3-7)4-8(5-12)11-9/h1-3,5,8,11H,4H2. The predicted molar refractivity (Wildman–Crippen MR) is 51.3 cm³/mol. The van der Waals surface area contributed by atoms with Crippen molar-refractivity contribution in [3.63, 3.8) is 0 Å². The highest BCUT2D eigenvalue weighted by atomic mass is 79.9. The van der Waals surface area contributed by atoms with E-state index in [0.717, 1.165) is 22.9 Å². The molecule has 0 radical (unpaired) electrons. The normalized spacial score (nSPS) is 19.9. The Labute approximate surface area is 79.1 Å². The SMILES string of the molecule is O=CC1Cc2cc(Br)ccc2N1. The van der Waals surface area contributed by atoms with Gasteiger partial charge in [-0.3, -0.25) is 0 Å². The second-order valence-electron chi connectivity index (χ2n) is 2.89. The Kier molecular flexibility index (Phi) is 1.89. The average molecular weight is 226 g/mol. The van der Waals surface area contributed by atoms with Crippen LogP contribution in [0, 0.1) is 0 Å². The molecule has 0 amide bonds. The highest BCUT2D eigenvalue weighted by molar-refractivity contribution is 9.10. The average Bonchev–Trinajstić information content (AvgIpc) is 2.46. The predicted octanol–water partition coefficient (Wildman–Crippen LogP) is 1.98. The Morgan fingerprint density at radius 2 is 2.42 bits per heavy atom. The van der Waals surface area contributed by atoms with E-state index < -0.39 is 0 Å². The van der Waals surface area contributed by atoms with Crippen LogP contribution in [0.3, 0.4) is 0 Å². The second-order valence-corrected chi connectivity index (χ2v) is 3.81. The smallest absolute Gasteiger partial charge is 0.142 e. The highest BCUT2D eigenvalue weighted by Crippen LogP contribution is 2.27. The molecule has 1 N–H and O–H groups in total. The van der Waals surface area contributed by atoms with E-state index in [9.17, 15) is 4.79 Å². The van der Waals surface area contributed by atoms with Crippen molar-refractivity contribution in [2.75, 3.05) is 5.32 Å². The third-order valence-corrected chi connectivity index (χ3v) is 2.51. The van der Waals surface area contributed by atoms with E-state index in [0.29, 0.717) is 0 Å². The fraction of sp³-hybridized carbons (Fsp3) is 0.222. The van der Waals surface area contributed by atoms with Crippen LogP contribution in [0.15, 0.2) is 22.7 Å². The molecule has 3 heteroatoms. The lowest BCUT2D eigenvalue weighted by Gasteiger charge is -2.00. The van der Waals surface area contributed by atoms with E-state index in [1.54, 1.807) is 0 Å². The molecule has 0 spiro atoms. The van der Waals surface area contributed by atoms with E-state index >= 15 is 0 Å². The molecule has 0 bridgehead atoms. The van der Waals surface area contributed by atoms with E-state index in [1.165, 1.54) is 5.56 Å². The lowest BCUT2D eigenvalue weighted by molar-refractivity contribution is -0.108. The molecule has 0 saturated carbocycles. The van der Waals surface area contributed by atoms with E-state index in [1.807, 2.05) is 18.2 Å². The van der Waals surface area contributed by atoms with E-state index in [-0.39, 0.29) is 6.04 Å². The molecular formula is C9H8BrNO. The maximum absolute atomic E-state index is 10.5. The molecule has 1 aromatic rings. The van der Waals surface area contributed by atoms with E-state index in [2.05, 4.69) is 21.2 Å². The molecule has 1 aliphatic heterocycles. The van der Waals surface area contributed by atoms with Gasteiger partial charge in [0.15, 0.2) is 0 Å². The zero-order chi connectivity index (χ0) is 8.55. The summed E-state index contributed by atoms with van der Waals surface area (Å²) >= 11 is 3.39. The lowest BCUT2D eigenvalue weighted by Crippen LogP contribution is -2.15. The first-order valence-corrected chi connectivity index (χ1v) is 4.59. The molecule has 0 aliphatic carbocycles. The minimum atomic E-state index is -0.0331. The zero-order valence-electron chi connectivity index (χ0n) is 6.38. The monoisotopic (exact) mass is 225 g/mol. The van der Waals surface area contributed by atoms with Gasteiger partial charge in [0.1, 0.15) is 6.29 Å². The van der Waals surface area contributed by atoms with Crippen molar-refractivity contribution in [1.82, 2.24) is 0 Å². The van der Waals surface area contributed by atoms with Crippen molar-refractivity contribution < 1.29 is 4.79 Å². The number of hydrogen-bond acceptors (Lipinski definition) is 2. The first-order chi connectivity index (χ1) is 5.79. The largest absolute Gasteiger partial charge is 0.375 e. The van der Waals surface area contributed by atoms with Crippen LogP contribution in [0.1, 0.15) is 5.56 Å². The van der Waals surface area contributed by atoms with Crippen LogP contribution in [0.5, 0.6) is 0 Å². The van der Waals surface area contributed by atoms with Gasteiger partial charge in [-0.25, -0.2) is 0 Å². The number of carbonyl (C=O) groups excluding carboxylic acids is 1. The molecule has 2 nitrogen and oxygen atoms in total. The highest BCUT2D eigenvalue weighted by Gasteiger charge is 2.19. The van der Waals surface area contributed by atoms with Crippen LogP contribution in [-0.4, -0.2) is 12.3 Å². The molecular weight excluding hydrogens is 218 g/mol. The molecule has 1 aromatic carbocycles. The molecule has 2 rings (SSSR count). The van der Waals surface area contributed by atoms with Gasteiger partial charge in [-0.15, -0.1) is 0 Å². The third kappa shape index (κ3) is 1.25. The Hall–Kier alpha value is -0.830. The molecule has 1 heterocycles. The van der Waals surface area contributed by atoms with Gasteiger partial charge in [0.05, 0.1) is 6.04 Å². The first kappa shape index (κ1) is 7.80. The fourth-order valence-electron chi connectivity index (χ4n) is 1.44. The maximum atomic E-state index is 10.5. The molecule has 0 fully saturated rings. The maximum Gasteiger partial charge on any atom is 0.142 e. The number of nitrogens with one attached hydrogen (secondary N) is 1. The summed E-state index contributed by atoms with van der Waals surface area (Å²) in [7, 11) is 0. The van der Waals surface area contributed by atoms with Crippen LogP contribution in [-0.2, 0) is 11.2 Å². The fourth-order valence-corrected chi connectivity index (χ4v) is 1.85. The Balaban J connectivity index is 2.35. The molecule has 0 aromatic heterocycles. The van der Waals surface area contributed by atoms with Gasteiger partial charge < -0.3 is 10.1 Å². The van der Waals surface area contributed by atoms with Crippen LogP contribution in [0.25, 0.3) is 0 Å². The number of carbonyl (C=O) groups is 1. The summed E-state index contributed by atoms with van der Waals surface area (Å²) in [6, 6.07) is 5.97. The zero-order valence-corrected chi connectivity index (χ0v) is 7.97. The van der Waals surface area contributed by atoms with Crippen molar-refractivity contribution in [2.45, 2.75) is 12.5 Å². The molecule has 62 valence electrons. The van der Waals surface area contributed by atoms with Crippen LogP contribution in [0.2, 0.25) is 0 Å². The summed E-state index contributed by atoms with van der Waals surface area (Å²) in [5.74, 6) is 0. The molecule has 1 aliphatic rings. The van der Waals surface area contributed by atoms with Gasteiger partial charge in [0.2, 0.25) is 0 Å². The topological polar surface area (TPSA) is 29.1 Å². The minimum Gasteiger partial charge on any atom is -0.375 e. The van der Waals surface area contributed by atoms with E-state index in [4.69, 9.17) is 0 Å². The first-order valence-electron chi connectivity index (χ1n) is 3.80. The Morgan fingerprint density at radius 3 is 3.17 bits per heavy atom. The van der Waals surface area contributed by atoms with Crippen molar-refractivity contribution >= 4 is 27.9 Å². The summed E-state index contributed by atoms with van der Waals surface area (Å²) < 4.78 is 1.06. The Morgan fingerprint density at radius 1 is 1.58 bits per heavy atom. The van der Waals surface area contributed by atoms with Crippen molar-refractivity contribution in [1.29, 1.82) is 0 Å². The van der Waals surface area contributed by atoms with Crippen molar-refractivity contribution in [2.24, 2.45) is 0 Å². The van der Waals surface area contributed by atoms with Gasteiger partial charge in [-0.2, -0.15) is 0 Å². The number of halogens is 1. The van der Waals surface area contributed by atoms with Crippen LogP contribution in [0.4, 0.5) is 5.69 Å². The minimum absolute atomic E-state index is 0.0331. The summed E-state index contributed by atoms with van der Waals surface area (Å²) in [6.07, 6.45) is 1.76. The summed E-state index contributed by atoms with van der Waals surface area (Å²) in [4.78, 5) is 10.5. The molecule has 1 unspecified atom stereocenters. The molecule has 12 heavy (non-hydrogen) atoms. The second kappa shape index (κ2) is 2.90. The van der Waals surface area contributed by atoms with Crippen LogP contribution < -0.4 is 5.32 Å². The van der Waals surface area contributed by atoms with Gasteiger partial charge in [0, 0.05) is 16.6 Å². The summed E-state index contributed by atoms with van der Waals surface area (Å²) in [5, 5.41) is 3.12. The number of fused-ring (bicyclic) bond motifs is 1. The number of hydrogen-bond donors (Lipinski definition) is 1. The summed E-state index contributed by atoms with van der Waals surface area (Å²) in [5.41, 5.74) is 2.29. The van der Waals surface area contributed by atoms with Gasteiger partial charge in [-0.1, -0.05) is 15.9 Å². The van der Waals surface area contributed by atoms with Gasteiger partial charge in [-0.05, 0) is 23.8 Å². The molecule has 0 saturated heterocycles. The van der Waals surface area contributed by atoms with Gasteiger partial charge >= 0.3 is 0 Å². The number of aldehydes is 1. The number of rotatable bonds is 1. The Bertz CT molecular complexity index is 324. The molecule has 1 atom stereocenters.